The van der Waals surface area contributed by atoms with Gasteiger partial charge in [0.15, 0.2) is 5.84 Å². The maximum absolute atomic E-state index is 12.5. The van der Waals surface area contributed by atoms with Gasteiger partial charge in [0.25, 0.3) is 10.0 Å². The first-order chi connectivity index (χ1) is 19.1. The minimum absolute atomic E-state index is 0.289. The number of rotatable bonds is 6. The Labute approximate surface area is 243 Å². The molecule has 0 spiro atoms. The van der Waals surface area contributed by atoms with Gasteiger partial charge in [0.05, 0.1) is 11.9 Å². The van der Waals surface area contributed by atoms with Crippen molar-refractivity contribution in [2.45, 2.75) is 30.8 Å². The maximum Gasteiger partial charge on any atom is 0.285 e. The van der Waals surface area contributed by atoms with E-state index in [0.29, 0.717) is 30.9 Å². The first kappa shape index (κ1) is 27.6. The molecule has 6 rings (SSSR count). The second kappa shape index (κ2) is 10.7. The van der Waals surface area contributed by atoms with E-state index >= 15 is 0 Å². The first-order valence-corrected chi connectivity index (χ1v) is 17.4. The first-order valence-electron chi connectivity index (χ1n) is 13.3. The molecule has 4 heterocycles. The van der Waals surface area contributed by atoms with Crippen molar-refractivity contribution in [3.63, 3.8) is 0 Å². The van der Waals surface area contributed by atoms with Gasteiger partial charge in [-0.25, -0.2) is 8.42 Å². The Kier molecular flexibility index (Phi) is 7.36. The minimum atomic E-state index is -3.62. The topological polar surface area (TPSA) is 108 Å². The van der Waals surface area contributed by atoms with Crippen molar-refractivity contribution in [2.75, 3.05) is 45.5 Å². The van der Waals surface area contributed by atoms with Gasteiger partial charge in [0.2, 0.25) is 10.0 Å². The molecule has 0 aliphatic carbocycles. The number of aromatic nitrogens is 2. The molecule has 1 aromatic heterocycles. The average Bonchev–Trinajstić information content (AvgIpc) is 3.43. The Morgan fingerprint density at radius 1 is 0.950 bits per heavy atom. The number of halogens is 1. The number of aryl methyl sites for hydroxylation is 1. The third-order valence-electron chi connectivity index (χ3n) is 7.81. The molecule has 3 aromatic rings. The molecule has 0 amide bonds. The standard InChI is InChI=1S/C27H31BrN6O4S2/c1-39(35,36)33-14-11-24-23(19-33)26(20-7-9-21(28)10-8-20)29-34(24)13-4-12-31-15-17-32(18-16-31)27-22-5-2-3-6-25(22)40(37,38)30-27/h2-3,5-10H,4,11-19H2,1H3. The molecule has 3 aliphatic heterocycles. The highest BCUT2D eigenvalue weighted by Gasteiger charge is 2.33. The number of fused-ring (bicyclic) bond motifs is 2. The summed E-state index contributed by atoms with van der Waals surface area (Å²) < 4.78 is 58.1. The second-order valence-electron chi connectivity index (χ2n) is 10.4. The summed E-state index contributed by atoms with van der Waals surface area (Å²) in [6.07, 6.45) is 2.80. The fourth-order valence-electron chi connectivity index (χ4n) is 5.72. The van der Waals surface area contributed by atoms with Crippen molar-refractivity contribution >= 4 is 41.8 Å². The number of amidine groups is 1. The van der Waals surface area contributed by atoms with Crippen molar-refractivity contribution in [1.82, 2.24) is 23.9 Å². The quantitative estimate of drug-likeness (QED) is 0.405. The Morgan fingerprint density at radius 2 is 1.68 bits per heavy atom. The average molecular weight is 648 g/mol. The Hall–Kier alpha value is -2.58. The lowest BCUT2D eigenvalue weighted by Gasteiger charge is -2.35. The largest absolute Gasteiger partial charge is 0.353 e. The molecule has 40 heavy (non-hydrogen) atoms. The van der Waals surface area contributed by atoms with E-state index in [4.69, 9.17) is 5.10 Å². The zero-order chi connectivity index (χ0) is 28.1. The van der Waals surface area contributed by atoms with Crippen LogP contribution >= 0.6 is 15.9 Å². The number of hydrogen-bond donors (Lipinski definition) is 0. The van der Waals surface area contributed by atoms with E-state index in [1.165, 1.54) is 10.6 Å². The second-order valence-corrected chi connectivity index (χ2v) is 14.9. The number of nitrogens with zero attached hydrogens (tertiary/aromatic N) is 6. The fraction of sp³-hybridized carbons (Fsp3) is 0.407. The number of benzene rings is 2. The predicted octanol–water partition coefficient (Wildman–Crippen LogP) is 2.79. The molecule has 10 nitrogen and oxygen atoms in total. The minimum Gasteiger partial charge on any atom is -0.353 e. The van der Waals surface area contributed by atoms with E-state index in [1.54, 1.807) is 12.1 Å². The van der Waals surface area contributed by atoms with Crippen LogP contribution in [0, 0.1) is 0 Å². The normalized spacial score (nSPS) is 19.4. The zero-order valence-electron chi connectivity index (χ0n) is 22.2. The summed E-state index contributed by atoms with van der Waals surface area (Å²) in [5.74, 6) is 0.557. The monoisotopic (exact) mass is 646 g/mol. The third kappa shape index (κ3) is 5.37. The van der Waals surface area contributed by atoms with Crippen LogP contribution in [0.15, 0.2) is 62.3 Å². The fourth-order valence-corrected chi connectivity index (χ4v) is 8.00. The van der Waals surface area contributed by atoms with Crippen LogP contribution in [0.4, 0.5) is 0 Å². The van der Waals surface area contributed by atoms with Crippen molar-refractivity contribution in [2.24, 2.45) is 4.40 Å². The molecule has 212 valence electrons. The number of sulfonamides is 2. The Morgan fingerprint density at radius 3 is 2.40 bits per heavy atom. The maximum atomic E-state index is 12.5. The van der Waals surface area contributed by atoms with Crippen LogP contribution in [0.25, 0.3) is 11.3 Å². The Balaban J connectivity index is 1.11. The number of piperazine rings is 1. The van der Waals surface area contributed by atoms with Crippen LogP contribution in [0.5, 0.6) is 0 Å². The highest BCUT2D eigenvalue weighted by Crippen LogP contribution is 2.32. The summed E-state index contributed by atoms with van der Waals surface area (Å²) in [6, 6.07) is 15.0. The summed E-state index contributed by atoms with van der Waals surface area (Å²) in [7, 11) is -6.91. The van der Waals surface area contributed by atoms with Crippen LogP contribution in [-0.2, 0) is 39.6 Å². The zero-order valence-corrected chi connectivity index (χ0v) is 25.4. The van der Waals surface area contributed by atoms with E-state index < -0.39 is 20.0 Å². The lowest BCUT2D eigenvalue weighted by Crippen LogP contribution is -2.49. The molecule has 2 aromatic carbocycles. The van der Waals surface area contributed by atoms with Crippen LogP contribution in [0.2, 0.25) is 0 Å². The van der Waals surface area contributed by atoms with Gasteiger partial charge in [-0.3, -0.25) is 9.58 Å². The Bertz CT molecular complexity index is 1680. The molecule has 1 saturated heterocycles. The molecule has 0 radical (unpaired) electrons. The summed E-state index contributed by atoms with van der Waals surface area (Å²) in [4.78, 5) is 4.75. The van der Waals surface area contributed by atoms with Gasteiger partial charge in [-0.1, -0.05) is 40.2 Å². The lowest BCUT2D eigenvalue weighted by atomic mass is 10.0. The molecule has 0 N–H and O–H groups in total. The van der Waals surface area contributed by atoms with Crippen molar-refractivity contribution in [3.05, 3.63) is 69.8 Å². The van der Waals surface area contributed by atoms with E-state index in [2.05, 4.69) is 34.8 Å². The summed E-state index contributed by atoms with van der Waals surface area (Å²) in [6.45, 7) is 5.52. The molecular weight excluding hydrogens is 616 g/mol. The highest BCUT2D eigenvalue weighted by molar-refractivity contribution is 9.10. The molecule has 0 unspecified atom stereocenters. The van der Waals surface area contributed by atoms with E-state index in [0.717, 1.165) is 72.7 Å². The summed E-state index contributed by atoms with van der Waals surface area (Å²) in [5, 5.41) is 4.97. The van der Waals surface area contributed by atoms with Crippen LogP contribution < -0.4 is 0 Å². The molecule has 0 bridgehead atoms. The van der Waals surface area contributed by atoms with Crippen LogP contribution in [0.1, 0.15) is 23.2 Å². The highest BCUT2D eigenvalue weighted by atomic mass is 79.9. The van der Waals surface area contributed by atoms with Crippen molar-refractivity contribution < 1.29 is 16.8 Å². The van der Waals surface area contributed by atoms with Gasteiger partial charge in [-0.2, -0.15) is 17.8 Å². The SMILES string of the molecule is CS(=O)(=O)N1CCc2c(c(-c3ccc(Br)cc3)nn2CCCN2CCN(C3=NS(=O)(=O)c4ccccc43)CC2)C1. The van der Waals surface area contributed by atoms with Crippen LogP contribution in [-0.4, -0.2) is 92.1 Å². The molecule has 1 fully saturated rings. The molecular formula is C27H31BrN6O4S2. The molecule has 0 atom stereocenters. The van der Waals surface area contributed by atoms with E-state index in [1.807, 2.05) is 36.4 Å². The number of hydrogen-bond acceptors (Lipinski definition) is 7. The van der Waals surface area contributed by atoms with Crippen molar-refractivity contribution in [1.29, 1.82) is 0 Å². The van der Waals surface area contributed by atoms with Gasteiger partial charge in [-0.15, -0.1) is 4.40 Å². The molecule has 13 heteroatoms. The van der Waals surface area contributed by atoms with E-state index in [9.17, 15) is 16.8 Å². The molecule has 3 aliphatic rings. The lowest BCUT2D eigenvalue weighted by molar-refractivity contribution is 0.178. The summed E-state index contributed by atoms with van der Waals surface area (Å²) >= 11 is 3.49. The van der Waals surface area contributed by atoms with Gasteiger partial charge in [0.1, 0.15) is 4.90 Å². The third-order valence-corrected chi connectivity index (χ3v) is 10.9. The van der Waals surface area contributed by atoms with E-state index in [-0.39, 0.29) is 4.90 Å². The molecule has 0 saturated carbocycles. The van der Waals surface area contributed by atoms with Gasteiger partial charge >= 0.3 is 0 Å². The van der Waals surface area contributed by atoms with Gasteiger partial charge < -0.3 is 4.90 Å². The van der Waals surface area contributed by atoms with Crippen LogP contribution in [0.3, 0.4) is 0 Å². The summed E-state index contributed by atoms with van der Waals surface area (Å²) in [5.41, 5.74) is 4.61. The predicted molar refractivity (Wildman–Crippen MR) is 157 cm³/mol. The van der Waals surface area contributed by atoms with Gasteiger partial charge in [-0.05, 0) is 30.7 Å². The smallest absolute Gasteiger partial charge is 0.285 e. The van der Waals surface area contributed by atoms with Crippen molar-refractivity contribution in [3.8, 4) is 11.3 Å². The van der Waals surface area contributed by atoms with Gasteiger partial charge in [0, 0.05) is 85.6 Å².